The van der Waals surface area contributed by atoms with Crippen LogP contribution in [0.5, 0.6) is 0 Å². The van der Waals surface area contributed by atoms with Crippen LogP contribution in [0.1, 0.15) is 48.9 Å². The van der Waals surface area contributed by atoms with E-state index in [4.69, 9.17) is 0 Å². The molecule has 4 N–H and O–H groups in total. The zero-order chi connectivity index (χ0) is 28.2. The van der Waals surface area contributed by atoms with Gasteiger partial charge in [-0.2, -0.15) is 13.2 Å². The summed E-state index contributed by atoms with van der Waals surface area (Å²) in [5.74, 6) is -0.633. The number of hydrogen-bond donors (Lipinski definition) is 4. The number of aromatic nitrogens is 3. The lowest BCUT2D eigenvalue weighted by molar-refractivity contribution is -0.141. The minimum absolute atomic E-state index is 0.0910. The van der Waals surface area contributed by atoms with Crippen molar-refractivity contribution < 1.29 is 27.9 Å². The second-order valence-electron chi connectivity index (χ2n) is 9.59. The summed E-state index contributed by atoms with van der Waals surface area (Å²) in [6.07, 6.45) is -0.0747. The van der Waals surface area contributed by atoms with E-state index in [1.54, 1.807) is 18.3 Å². The maximum absolute atomic E-state index is 13.0. The first-order chi connectivity index (χ1) is 18.4. The topological polar surface area (TPSA) is 129 Å². The van der Waals surface area contributed by atoms with Crippen LogP contribution in [0.2, 0.25) is 0 Å². The Hall–Kier alpha value is -3.58. The van der Waals surface area contributed by atoms with Gasteiger partial charge in [-0.15, -0.1) is 11.3 Å². The van der Waals surface area contributed by atoms with Gasteiger partial charge in [-0.05, 0) is 61.9 Å². The lowest BCUT2D eigenvalue weighted by atomic mass is 9.78. The van der Waals surface area contributed by atoms with Gasteiger partial charge in [0.15, 0.2) is 0 Å². The second kappa shape index (κ2) is 11.7. The van der Waals surface area contributed by atoms with Crippen molar-refractivity contribution in [2.24, 2.45) is 5.92 Å². The lowest BCUT2D eigenvalue weighted by Gasteiger charge is -2.33. The largest absolute Gasteiger partial charge is 0.433 e. The molecule has 2 amide bonds. The van der Waals surface area contributed by atoms with E-state index in [-0.39, 0.29) is 23.7 Å². The van der Waals surface area contributed by atoms with Crippen molar-refractivity contribution in [3.8, 4) is 10.4 Å². The van der Waals surface area contributed by atoms with Gasteiger partial charge in [-0.3, -0.25) is 9.59 Å². The number of aliphatic hydroxyl groups is 1. The van der Waals surface area contributed by atoms with Gasteiger partial charge in [0.1, 0.15) is 16.3 Å². The number of aryl methyl sites for hydroxylation is 1. The third-order valence-corrected chi connectivity index (χ3v) is 7.69. The standard InChI is InChI=1S/C26H29F3N6O3S/c1-15-11-18(13-19(12-15)34-24-32-8-5-21(35-24)26(27,28)29)20-14-33-23(39-20)25(38)6-3-17(4-7-25)22(37)31-10-9-30-16(2)36/h5,8,11-14,17,38H,3-4,6-7,9-10H2,1-2H3,(H,30,36)(H,31,37)(H,32,34,35). The zero-order valence-electron chi connectivity index (χ0n) is 21.4. The molecule has 1 aromatic carbocycles. The normalized spacial score (nSPS) is 19.4. The van der Waals surface area contributed by atoms with Crippen LogP contribution in [0.3, 0.4) is 0 Å². The highest BCUT2D eigenvalue weighted by molar-refractivity contribution is 7.15. The first-order valence-electron chi connectivity index (χ1n) is 12.4. The number of benzene rings is 1. The SMILES string of the molecule is CC(=O)NCCNC(=O)C1CCC(O)(c2ncc(-c3cc(C)cc(Nc4nccc(C(F)(F)F)n4)c3)s2)CC1. The molecule has 0 bridgehead atoms. The van der Waals surface area contributed by atoms with Crippen molar-refractivity contribution in [3.63, 3.8) is 0 Å². The fourth-order valence-electron chi connectivity index (χ4n) is 4.47. The minimum atomic E-state index is -4.58. The molecule has 0 radical (unpaired) electrons. The fourth-order valence-corrected chi connectivity index (χ4v) is 5.52. The fraction of sp³-hybridized carbons (Fsp3) is 0.423. The number of rotatable bonds is 8. The summed E-state index contributed by atoms with van der Waals surface area (Å²) in [5, 5.41) is 20.2. The van der Waals surface area contributed by atoms with Crippen LogP contribution in [0.15, 0.2) is 36.7 Å². The predicted molar refractivity (Wildman–Crippen MR) is 140 cm³/mol. The Bertz CT molecular complexity index is 1340. The average Bonchev–Trinajstić information content (AvgIpc) is 3.38. The molecule has 2 heterocycles. The van der Waals surface area contributed by atoms with Gasteiger partial charge in [0.05, 0.1) is 4.88 Å². The molecule has 1 saturated carbocycles. The van der Waals surface area contributed by atoms with Gasteiger partial charge < -0.3 is 21.1 Å². The molecule has 1 fully saturated rings. The third-order valence-electron chi connectivity index (χ3n) is 6.45. The maximum Gasteiger partial charge on any atom is 0.433 e. The van der Waals surface area contributed by atoms with Crippen LogP contribution >= 0.6 is 11.3 Å². The van der Waals surface area contributed by atoms with E-state index in [1.165, 1.54) is 18.3 Å². The molecule has 0 aliphatic heterocycles. The zero-order valence-corrected chi connectivity index (χ0v) is 22.2. The number of alkyl halides is 3. The van der Waals surface area contributed by atoms with Gasteiger partial charge in [0.2, 0.25) is 17.8 Å². The van der Waals surface area contributed by atoms with Crippen LogP contribution in [-0.4, -0.2) is 45.0 Å². The van der Waals surface area contributed by atoms with Crippen molar-refractivity contribution in [3.05, 3.63) is 52.9 Å². The number of carbonyl (C=O) groups excluding carboxylic acids is 2. The Labute approximate surface area is 227 Å². The molecule has 208 valence electrons. The Morgan fingerprint density at radius 3 is 2.54 bits per heavy atom. The number of nitrogens with one attached hydrogen (secondary N) is 3. The summed E-state index contributed by atoms with van der Waals surface area (Å²) in [6, 6.07) is 6.26. The number of carbonyl (C=O) groups is 2. The van der Waals surface area contributed by atoms with E-state index in [9.17, 15) is 27.9 Å². The Kier molecular flexibility index (Phi) is 8.50. The van der Waals surface area contributed by atoms with Crippen molar-refractivity contribution in [1.29, 1.82) is 0 Å². The molecule has 0 saturated heterocycles. The average molecular weight is 563 g/mol. The summed E-state index contributed by atoms with van der Waals surface area (Å²) in [5.41, 5.74) is -0.0229. The quantitative estimate of drug-likeness (QED) is 0.301. The van der Waals surface area contributed by atoms with Crippen molar-refractivity contribution in [1.82, 2.24) is 25.6 Å². The first-order valence-corrected chi connectivity index (χ1v) is 13.2. The highest BCUT2D eigenvalue weighted by atomic mass is 32.1. The molecule has 2 aromatic heterocycles. The van der Waals surface area contributed by atoms with Gasteiger partial charge in [0.25, 0.3) is 0 Å². The lowest BCUT2D eigenvalue weighted by Crippen LogP contribution is -2.40. The molecule has 0 spiro atoms. The summed E-state index contributed by atoms with van der Waals surface area (Å²) in [6.45, 7) is 3.99. The van der Waals surface area contributed by atoms with E-state index < -0.39 is 17.5 Å². The molecule has 39 heavy (non-hydrogen) atoms. The van der Waals surface area contributed by atoms with Gasteiger partial charge in [-0.1, -0.05) is 6.07 Å². The smallest absolute Gasteiger partial charge is 0.383 e. The van der Waals surface area contributed by atoms with Crippen molar-refractivity contribution in [2.75, 3.05) is 18.4 Å². The Morgan fingerprint density at radius 1 is 1.13 bits per heavy atom. The monoisotopic (exact) mass is 562 g/mol. The number of hydrogen-bond acceptors (Lipinski definition) is 8. The molecular formula is C26H29F3N6O3S. The maximum atomic E-state index is 13.0. The molecule has 1 aliphatic rings. The molecule has 9 nitrogen and oxygen atoms in total. The summed E-state index contributed by atoms with van der Waals surface area (Å²) in [7, 11) is 0. The molecule has 0 unspecified atom stereocenters. The van der Waals surface area contributed by atoms with E-state index in [0.29, 0.717) is 49.5 Å². The number of amides is 2. The minimum Gasteiger partial charge on any atom is -0.383 e. The molecule has 0 atom stereocenters. The van der Waals surface area contributed by atoms with Crippen LogP contribution < -0.4 is 16.0 Å². The molecule has 13 heteroatoms. The van der Waals surface area contributed by atoms with Gasteiger partial charge in [0, 0.05) is 44.0 Å². The molecule has 1 aliphatic carbocycles. The van der Waals surface area contributed by atoms with Crippen LogP contribution in [0.4, 0.5) is 24.8 Å². The van der Waals surface area contributed by atoms with Crippen molar-refractivity contribution in [2.45, 2.75) is 51.3 Å². The summed E-state index contributed by atoms with van der Waals surface area (Å²) >= 11 is 1.34. The van der Waals surface area contributed by atoms with Crippen LogP contribution in [0.25, 0.3) is 10.4 Å². The molecular weight excluding hydrogens is 533 g/mol. The van der Waals surface area contributed by atoms with E-state index in [0.717, 1.165) is 28.3 Å². The number of halogens is 3. The third kappa shape index (κ3) is 7.30. The Morgan fingerprint density at radius 2 is 1.85 bits per heavy atom. The molecule has 4 rings (SSSR count). The van der Waals surface area contributed by atoms with Gasteiger partial charge in [-0.25, -0.2) is 15.0 Å². The van der Waals surface area contributed by atoms with E-state index >= 15 is 0 Å². The van der Waals surface area contributed by atoms with Crippen molar-refractivity contribution >= 4 is 34.8 Å². The summed E-state index contributed by atoms with van der Waals surface area (Å²) < 4.78 is 39.0. The second-order valence-corrected chi connectivity index (χ2v) is 10.6. The number of anilines is 2. The number of thiazole rings is 1. The van der Waals surface area contributed by atoms with Crippen LogP contribution in [0, 0.1) is 12.8 Å². The highest BCUT2D eigenvalue weighted by Crippen LogP contribution is 2.43. The number of nitrogens with zero attached hydrogens (tertiary/aromatic N) is 3. The predicted octanol–water partition coefficient (Wildman–Crippen LogP) is 4.30. The van der Waals surface area contributed by atoms with Crippen LogP contribution in [-0.2, 0) is 21.4 Å². The van der Waals surface area contributed by atoms with E-state index in [1.807, 2.05) is 13.0 Å². The van der Waals surface area contributed by atoms with E-state index in [2.05, 4.69) is 30.9 Å². The summed E-state index contributed by atoms with van der Waals surface area (Å²) in [4.78, 5) is 36.1. The molecule has 3 aromatic rings. The Balaban J connectivity index is 1.42. The highest BCUT2D eigenvalue weighted by Gasteiger charge is 2.39. The first kappa shape index (κ1) is 28.4. The van der Waals surface area contributed by atoms with Gasteiger partial charge >= 0.3 is 6.18 Å².